The van der Waals surface area contributed by atoms with Gasteiger partial charge < -0.3 is 37.4 Å². The van der Waals surface area contributed by atoms with E-state index < -0.39 is 0 Å². The summed E-state index contributed by atoms with van der Waals surface area (Å²) >= 11 is 1.71. The number of pyridine rings is 3. The van der Waals surface area contributed by atoms with Crippen LogP contribution in [-0.2, 0) is 79.4 Å². The average Bonchev–Trinajstić information content (AvgIpc) is 1.53. The van der Waals surface area contributed by atoms with Gasteiger partial charge in [-0.15, -0.1) is 136 Å². The summed E-state index contributed by atoms with van der Waals surface area (Å²) < 4.78 is 14.5. The molecule has 0 saturated heterocycles. The summed E-state index contributed by atoms with van der Waals surface area (Å²) in [5, 5.41) is 4.41. The molecule has 0 radical (unpaired) electrons. The Kier molecular flexibility index (Phi) is 29.6. The first-order valence-electron chi connectivity index (χ1n) is 46.5. The Morgan fingerprint density at radius 3 is 1.10 bits per heavy atom. The fourth-order valence-electron chi connectivity index (χ4n) is 17.9. The van der Waals surface area contributed by atoms with Crippen LogP contribution < -0.4 is 14.7 Å². The fraction of sp³-hybridized carbons (Fsp3) is 0.164. The number of para-hydroxylation sites is 4. The zero-order valence-electron chi connectivity index (χ0n) is 81.4. The molecule has 0 fully saturated rings. The molecule has 9 heterocycles. The van der Waals surface area contributed by atoms with Crippen LogP contribution in [-0.4, -0.2) is 48.2 Å². The second-order valence-electron chi connectivity index (χ2n) is 37.8. The van der Waals surface area contributed by atoms with Gasteiger partial charge >= 0.3 is 63.2 Å². The van der Waals surface area contributed by atoms with Crippen molar-refractivity contribution in [1.82, 2.24) is 48.2 Å². The zero-order chi connectivity index (χ0) is 95.1. The predicted octanol–water partition coefficient (Wildman–Crippen LogP) is 31.6. The third-order valence-corrected chi connectivity index (χ3v) is 26.8. The number of aromatic nitrogens is 10. The molecule has 0 aliphatic carbocycles. The summed E-state index contributed by atoms with van der Waals surface area (Å²) in [6.45, 7) is 37.1. The predicted molar refractivity (Wildman–Crippen MR) is 564 cm³/mol. The summed E-state index contributed by atoms with van der Waals surface area (Å²) in [7, 11) is 0. The Morgan fingerprint density at radius 2 is 0.686 bits per heavy atom. The van der Waals surface area contributed by atoms with Crippen LogP contribution in [0.25, 0.3) is 112 Å². The van der Waals surface area contributed by atoms with Crippen LogP contribution in [0, 0.1) is 91.8 Å². The van der Waals surface area contributed by atoms with E-state index in [1.807, 2.05) is 73.2 Å². The van der Waals surface area contributed by atoms with Crippen molar-refractivity contribution in [3.8, 4) is 78.9 Å². The molecule has 0 aliphatic heterocycles. The summed E-state index contributed by atoms with van der Waals surface area (Å²) in [5.74, 6) is 4.05. The van der Waals surface area contributed by atoms with E-state index >= 15 is 0 Å². The van der Waals surface area contributed by atoms with Gasteiger partial charge in [-0.25, -0.2) is 15.0 Å². The third-order valence-electron chi connectivity index (χ3n) is 25.7. The zero-order valence-corrected chi connectivity index (χ0v) is 89.0. The Balaban J connectivity index is 0.000000153. The Hall–Kier alpha value is -13.8. The van der Waals surface area contributed by atoms with Crippen LogP contribution >= 0.6 is 11.3 Å². The van der Waals surface area contributed by atoms with Gasteiger partial charge in [-0.1, -0.05) is 246 Å². The van der Waals surface area contributed by atoms with E-state index in [0.29, 0.717) is 5.89 Å². The molecular formula is C122H107N13OPt3S. The molecule has 18 heteroatoms. The molecule has 0 amide bonds. The minimum Gasteiger partial charge on any atom is -0.489 e. The van der Waals surface area contributed by atoms with Gasteiger partial charge in [0.25, 0.3) is 0 Å². The number of hydrogen-bond acceptors (Lipinski definition) is 11. The molecule has 21 rings (SSSR count). The van der Waals surface area contributed by atoms with Crippen LogP contribution in [0.15, 0.2) is 345 Å². The van der Waals surface area contributed by atoms with Crippen molar-refractivity contribution in [3.63, 3.8) is 0 Å². The minimum atomic E-state index is -0.0675. The number of fused-ring (bicyclic) bond motifs is 3. The molecule has 140 heavy (non-hydrogen) atoms. The first-order chi connectivity index (χ1) is 66.2. The fourth-order valence-corrected chi connectivity index (χ4v) is 18.8. The van der Waals surface area contributed by atoms with Gasteiger partial charge in [0.2, 0.25) is 0 Å². The van der Waals surface area contributed by atoms with Crippen LogP contribution in [0.4, 0.5) is 51.2 Å². The van der Waals surface area contributed by atoms with Gasteiger partial charge in [0.1, 0.15) is 23.3 Å². The molecule has 0 spiro atoms. The first-order valence-corrected chi connectivity index (χ1v) is 47.3. The van der Waals surface area contributed by atoms with Crippen molar-refractivity contribution in [1.29, 1.82) is 0 Å². The number of rotatable bonds is 18. The minimum absolute atomic E-state index is 0. The molecule has 12 aromatic carbocycles. The van der Waals surface area contributed by atoms with Gasteiger partial charge in [0, 0.05) is 85.4 Å². The standard InChI is InChI=1S/C52H43N5.C36H34N4S.C34H30N4O.3Pt/c1-36-37(2)55(42-24-14-8-15-25-42)51(54-36)40-23-18-28-44(33-40)56(43-26-16-9-17-27-43)45-29-30-46-47(35-45)57(48-34-41(31-32-53-48)52(3,4)5)50(39-21-12-7-13-22-39)49(46)38-19-10-6-11-20-38;1-23-25(3)39(34-21-28(18-19-37-34)36(5,6)7)33-22-31(16-17-32(23)33)40(29-13-9-8-10-14-29)30-15-11-12-27(20-30)35-38-24(2)26(4)41-35;1-23-24(2)37(32-21-26(16-17-35-32)34(3,4)5)31-22-29(14-15-30(23)31)38(27-11-7-6-8-12-27)28-13-9-10-25(20-28)33-36-18-19-39-33;;;/h6-32,34H,1-5H3;8-19,21H,1-7H3;6-19,21H,1-5H3;;;/q3*-2;3*+2. The van der Waals surface area contributed by atoms with Crippen molar-refractivity contribution in [3.05, 3.63) is 438 Å². The third kappa shape index (κ3) is 20.1. The van der Waals surface area contributed by atoms with Crippen molar-refractivity contribution in [2.24, 2.45) is 0 Å². The van der Waals surface area contributed by atoms with E-state index in [4.69, 9.17) is 29.3 Å². The summed E-state index contributed by atoms with van der Waals surface area (Å²) in [5.41, 5.74) is 31.2. The quantitative estimate of drug-likeness (QED) is 0.0768. The number of thiazole rings is 1. The molecule has 21 aromatic rings. The molecular weight excluding hydrogens is 2280 g/mol. The van der Waals surface area contributed by atoms with E-state index in [1.165, 1.54) is 43.8 Å². The van der Waals surface area contributed by atoms with Gasteiger partial charge in [0.15, 0.2) is 0 Å². The maximum Gasteiger partial charge on any atom is 2.00 e. The smallest absolute Gasteiger partial charge is 0.489 e. The van der Waals surface area contributed by atoms with Crippen molar-refractivity contribution < 1.29 is 67.6 Å². The van der Waals surface area contributed by atoms with E-state index in [-0.39, 0.29) is 79.4 Å². The molecule has 0 N–H and O–H groups in total. The number of benzene rings is 12. The number of aryl methyl sites for hydroxylation is 5. The first kappa shape index (κ1) is 99.2. The number of oxazole rings is 1. The van der Waals surface area contributed by atoms with E-state index in [1.54, 1.807) is 23.8 Å². The topological polar surface area (TPSA) is 120 Å². The van der Waals surface area contributed by atoms with Crippen molar-refractivity contribution >= 4 is 95.2 Å². The van der Waals surface area contributed by atoms with Crippen LogP contribution in [0.3, 0.4) is 0 Å². The Bertz CT molecular complexity index is 7930. The second-order valence-corrected chi connectivity index (χ2v) is 39.0. The Labute approximate surface area is 869 Å². The molecule has 0 bridgehead atoms. The largest absolute Gasteiger partial charge is 2.00 e. The van der Waals surface area contributed by atoms with Gasteiger partial charge in [-0.05, 0) is 207 Å². The van der Waals surface area contributed by atoms with Crippen LogP contribution in [0.1, 0.15) is 123 Å². The molecule has 0 saturated carbocycles. The van der Waals surface area contributed by atoms with Gasteiger partial charge in [0.05, 0.1) is 18.3 Å². The molecule has 0 atom stereocenters. The maximum absolute atomic E-state index is 5.56. The number of hydrogen-bond donors (Lipinski definition) is 0. The summed E-state index contributed by atoms with van der Waals surface area (Å²) in [4.78, 5) is 36.7. The van der Waals surface area contributed by atoms with Crippen molar-refractivity contribution in [2.45, 2.75) is 134 Å². The summed E-state index contributed by atoms with van der Waals surface area (Å²) in [6.07, 6.45) is 8.98. The monoisotopic (exact) mass is 2390 g/mol. The summed E-state index contributed by atoms with van der Waals surface area (Å²) in [6, 6.07) is 130. The molecule has 9 aromatic heterocycles. The molecule has 0 unspecified atom stereocenters. The van der Waals surface area contributed by atoms with Gasteiger partial charge in [-0.3, -0.25) is 15.0 Å². The Morgan fingerprint density at radius 1 is 0.314 bits per heavy atom. The maximum atomic E-state index is 5.56. The SMILES string of the molecule is Cc1c(C)n(-c2cc(C(C)(C)C)ccn2)c2[c-]c(N(c3[c-]c(-c4ncco4)ccc3)c3ccccc3)ccc12.Cc1nc(-c2[c-]c(N(c3[c-]c4c(cc3)c(-c3ccccc3)c(-c3ccccc3)n4-c3cc(C(C)(C)C)ccn3)c3ccccc3)ccc2)n(-c2ccccc2)c1C.Cc1nc(-c2[c-]c(N(c3[c-]c4c(cc3)c(C)c(C)n4-c3cc(C(C)(C)C)ccn3)c3ccccc3)ccc2)sc1C.[Pt+2].[Pt+2].[Pt+2]. The normalized spacial score (nSPS) is 11.4. The van der Waals surface area contributed by atoms with E-state index in [9.17, 15) is 0 Å². The number of imidazole rings is 1. The van der Waals surface area contributed by atoms with Gasteiger partial charge in [-0.2, -0.15) is 29.5 Å². The van der Waals surface area contributed by atoms with Crippen molar-refractivity contribution in [2.75, 3.05) is 14.7 Å². The van der Waals surface area contributed by atoms with Crippen LogP contribution in [0.5, 0.6) is 0 Å². The molecule has 14 nitrogen and oxygen atoms in total. The molecule has 0 aliphatic rings. The number of anilines is 9. The van der Waals surface area contributed by atoms with E-state index in [0.717, 1.165) is 174 Å². The second kappa shape index (κ2) is 41.7. The van der Waals surface area contributed by atoms with E-state index in [2.05, 4.69) is 447 Å². The molecule has 702 valence electrons. The van der Waals surface area contributed by atoms with Crippen LogP contribution in [0.2, 0.25) is 0 Å². The average molecular weight is 2390 g/mol. The number of nitrogens with zero attached hydrogens (tertiary/aromatic N) is 13.